The van der Waals surface area contributed by atoms with Crippen molar-refractivity contribution >= 4 is 18.1 Å². The fraction of sp³-hybridized carbons (Fsp3) is 0.800. The zero-order chi connectivity index (χ0) is 16.2. The second-order valence-electron chi connectivity index (χ2n) is 6.47. The Balaban J connectivity index is 1.93. The molecular weight excluding hydrogens is 300 g/mol. The number of aryl methyl sites for hydroxylation is 1. The molecule has 1 saturated carbocycles. The number of nitrogens with zero attached hydrogens (tertiary/aromatic N) is 2. The maximum absolute atomic E-state index is 12.2. The average molecular weight is 326 g/mol. The van der Waals surface area contributed by atoms with E-state index in [1.807, 2.05) is 6.92 Å². The van der Waals surface area contributed by atoms with Gasteiger partial charge in [0.15, 0.2) is 4.77 Å². The number of nitrogens with one attached hydrogen (secondary N) is 2. The largest absolute Gasteiger partial charge is 0.392 e. The van der Waals surface area contributed by atoms with Gasteiger partial charge in [0.05, 0.1) is 6.10 Å². The lowest BCUT2D eigenvalue weighted by Crippen LogP contribution is -2.45. The van der Waals surface area contributed by atoms with E-state index in [1.54, 1.807) is 4.57 Å². The second kappa shape index (κ2) is 7.37. The average Bonchev–Trinajstić information content (AvgIpc) is 2.82. The number of hydrogen-bond donors (Lipinski definition) is 3. The molecule has 0 saturated heterocycles. The Hall–Kier alpha value is -1.21. The molecular formula is C15H26N4O2S. The van der Waals surface area contributed by atoms with Crippen LogP contribution in [0.5, 0.6) is 0 Å². The number of aliphatic hydroxyl groups excluding tert-OH is 1. The van der Waals surface area contributed by atoms with Crippen LogP contribution < -0.4 is 5.32 Å². The van der Waals surface area contributed by atoms with Crippen LogP contribution in [0.1, 0.15) is 51.8 Å². The van der Waals surface area contributed by atoms with Gasteiger partial charge in [0, 0.05) is 18.4 Å². The SMILES string of the molecule is CCCc1n[nH]c(=S)n1CC(=O)NCC1(C)CCCCC1O. The van der Waals surface area contributed by atoms with Crippen molar-refractivity contribution in [3.8, 4) is 0 Å². The molecule has 1 aromatic rings. The van der Waals surface area contributed by atoms with Gasteiger partial charge >= 0.3 is 0 Å². The molecule has 1 aromatic heterocycles. The van der Waals surface area contributed by atoms with Gasteiger partial charge in [-0.05, 0) is 31.5 Å². The van der Waals surface area contributed by atoms with E-state index in [4.69, 9.17) is 12.2 Å². The van der Waals surface area contributed by atoms with Gasteiger partial charge in [-0.3, -0.25) is 14.5 Å². The van der Waals surface area contributed by atoms with Crippen LogP contribution in [0.15, 0.2) is 0 Å². The molecule has 0 spiro atoms. The summed E-state index contributed by atoms with van der Waals surface area (Å²) in [4.78, 5) is 12.2. The lowest BCUT2D eigenvalue weighted by atomic mass is 9.73. The molecule has 124 valence electrons. The first-order valence-electron chi connectivity index (χ1n) is 8.05. The van der Waals surface area contributed by atoms with Gasteiger partial charge < -0.3 is 10.4 Å². The minimum atomic E-state index is -0.340. The Morgan fingerprint density at radius 2 is 2.36 bits per heavy atom. The van der Waals surface area contributed by atoms with E-state index in [1.165, 1.54) is 0 Å². The highest BCUT2D eigenvalue weighted by atomic mass is 32.1. The summed E-state index contributed by atoms with van der Waals surface area (Å²) in [5.74, 6) is 0.723. The Morgan fingerprint density at radius 1 is 1.59 bits per heavy atom. The van der Waals surface area contributed by atoms with E-state index in [9.17, 15) is 9.90 Å². The third kappa shape index (κ3) is 3.95. The van der Waals surface area contributed by atoms with Crippen LogP contribution in [0.4, 0.5) is 0 Å². The predicted molar refractivity (Wildman–Crippen MR) is 87.0 cm³/mol. The second-order valence-corrected chi connectivity index (χ2v) is 6.86. The topological polar surface area (TPSA) is 82.9 Å². The van der Waals surface area contributed by atoms with E-state index in [-0.39, 0.29) is 24.0 Å². The Kier molecular flexibility index (Phi) is 5.74. The number of aromatic nitrogens is 3. The van der Waals surface area contributed by atoms with Gasteiger partial charge in [-0.2, -0.15) is 5.10 Å². The molecule has 1 fully saturated rings. The highest BCUT2D eigenvalue weighted by Crippen LogP contribution is 2.35. The monoisotopic (exact) mass is 326 g/mol. The maximum atomic E-state index is 12.2. The van der Waals surface area contributed by atoms with Crippen LogP contribution in [-0.2, 0) is 17.8 Å². The van der Waals surface area contributed by atoms with Crippen LogP contribution in [0.2, 0.25) is 0 Å². The fourth-order valence-electron chi connectivity index (χ4n) is 3.02. The van der Waals surface area contributed by atoms with Crippen LogP contribution in [0, 0.1) is 10.2 Å². The van der Waals surface area contributed by atoms with Crippen LogP contribution in [-0.4, -0.2) is 38.4 Å². The van der Waals surface area contributed by atoms with Gasteiger partial charge in [-0.15, -0.1) is 0 Å². The fourth-order valence-corrected chi connectivity index (χ4v) is 3.23. The Bertz CT molecular complexity index is 568. The van der Waals surface area contributed by atoms with Crippen molar-refractivity contribution in [1.29, 1.82) is 0 Å². The van der Waals surface area contributed by atoms with E-state index in [0.717, 1.165) is 44.3 Å². The lowest BCUT2D eigenvalue weighted by Gasteiger charge is -2.38. The number of aliphatic hydroxyl groups is 1. The first-order chi connectivity index (χ1) is 10.5. The summed E-state index contributed by atoms with van der Waals surface area (Å²) in [5, 5.41) is 20.0. The maximum Gasteiger partial charge on any atom is 0.240 e. The zero-order valence-electron chi connectivity index (χ0n) is 13.4. The molecule has 1 heterocycles. The quantitative estimate of drug-likeness (QED) is 0.698. The normalized spacial score (nSPS) is 25.1. The first-order valence-corrected chi connectivity index (χ1v) is 8.46. The molecule has 1 aliphatic carbocycles. The van der Waals surface area contributed by atoms with Crippen molar-refractivity contribution < 1.29 is 9.90 Å². The minimum absolute atomic E-state index is 0.0890. The van der Waals surface area contributed by atoms with E-state index < -0.39 is 0 Å². The lowest BCUT2D eigenvalue weighted by molar-refractivity contribution is -0.122. The Morgan fingerprint density at radius 3 is 3.05 bits per heavy atom. The molecule has 0 radical (unpaired) electrons. The number of aromatic amines is 1. The summed E-state index contributed by atoms with van der Waals surface area (Å²) >= 11 is 5.18. The molecule has 7 heteroatoms. The first kappa shape index (κ1) is 17.1. The highest BCUT2D eigenvalue weighted by molar-refractivity contribution is 7.71. The van der Waals surface area contributed by atoms with Gasteiger partial charge in [0.25, 0.3) is 0 Å². The predicted octanol–water partition coefficient (Wildman–Crippen LogP) is 1.95. The van der Waals surface area contributed by atoms with E-state index in [2.05, 4.69) is 22.4 Å². The van der Waals surface area contributed by atoms with Gasteiger partial charge in [-0.1, -0.05) is 26.7 Å². The molecule has 0 aliphatic heterocycles. The van der Waals surface area contributed by atoms with Crippen molar-refractivity contribution in [3.63, 3.8) is 0 Å². The smallest absolute Gasteiger partial charge is 0.240 e. The molecule has 0 aromatic carbocycles. The minimum Gasteiger partial charge on any atom is -0.392 e. The summed E-state index contributed by atoms with van der Waals surface area (Å²) in [7, 11) is 0. The number of amides is 1. The molecule has 1 aliphatic rings. The van der Waals surface area contributed by atoms with Crippen molar-refractivity contribution in [2.45, 2.75) is 65.0 Å². The van der Waals surface area contributed by atoms with Crippen molar-refractivity contribution in [2.24, 2.45) is 5.41 Å². The molecule has 6 nitrogen and oxygen atoms in total. The number of carbonyl (C=O) groups excluding carboxylic acids is 1. The standard InChI is InChI=1S/C15H26N4O2S/c1-3-6-12-17-18-14(22)19(12)9-13(21)16-10-15(2)8-5-4-7-11(15)20/h11,20H,3-10H2,1-2H3,(H,16,21)(H,18,22). The molecule has 2 rings (SSSR count). The summed E-state index contributed by atoms with van der Waals surface area (Å²) in [6.45, 7) is 4.79. The molecule has 2 unspecified atom stereocenters. The summed E-state index contributed by atoms with van der Waals surface area (Å²) in [6, 6.07) is 0. The van der Waals surface area contributed by atoms with Crippen LogP contribution in [0.25, 0.3) is 0 Å². The van der Waals surface area contributed by atoms with Crippen LogP contribution >= 0.6 is 12.2 Å². The molecule has 1 amide bonds. The van der Waals surface area contributed by atoms with E-state index >= 15 is 0 Å². The molecule has 3 N–H and O–H groups in total. The molecule has 2 atom stereocenters. The number of H-pyrrole nitrogens is 1. The Labute approximate surface area is 136 Å². The third-order valence-electron chi connectivity index (χ3n) is 4.58. The molecule has 22 heavy (non-hydrogen) atoms. The summed E-state index contributed by atoms with van der Waals surface area (Å²) < 4.78 is 2.22. The van der Waals surface area contributed by atoms with Gasteiger partial charge in [0.1, 0.15) is 12.4 Å². The number of rotatable bonds is 6. The summed E-state index contributed by atoms with van der Waals surface area (Å²) in [5.41, 5.74) is -0.224. The third-order valence-corrected chi connectivity index (χ3v) is 4.89. The van der Waals surface area contributed by atoms with Crippen LogP contribution in [0.3, 0.4) is 0 Å². The van der Waals surface area contributed by atoms with Gasteiger partial charge in [-0.25, -0.2) is 0 Å². The van der Waals surface area contributed by atoms with Gasteiger partial charge in [0.2, 0.25) is 5.91 Å². The zero-order valence-corrected chi connectivity index (χ0v) is 14.2. The van der Waals surface area contributed by atoms with Crippen molar-refractivity contribution in [2.75, 3.05) is 6.54 Å². The van der Waals surface area contributed by atoms with E-state index in [0.29, 0.717) is 11.3 Å². The molecule has 0 bridgehead atoms. The number of carbonyl (C=O) groups is 1. The van der Waals surface area contributed by atoms with Crippen molar-refractivity contribution in [1.82, 2.24) is 20.1 Å². The number of hydrogen-bond acceptors (Lipinski definition) is 4. The highest BCUT2D eigenvalue weighted by Gasteiger charge is 2.35. The summed E-state index contributed by atoms with van der Waals surface area (Å²) in [6.07, 6.45) is 5.34. The van der Waals surface area contributed by atoms with Crippen molar-refractivity contribution in [3.05, 3.63) is 10.6 Å².